The lowest BCUT2D eigenvalue weighted by Gasteiger charge is -2.23. The quantitative estimate of drug-likeness (QED) is 0.686. The third kappa shape index (κ3) is 1.99. The zero-order chi connectivity index (χ0) is 8.55. The van der Waals surface area contributed by atoms with E-state index in [1.165, 1.54) is 38.6 Å². The second-order valence-electron chi connectivity index (χ2n) is 4.61. The SMILES string of the molecule is CN(CC1CC1)C1CCC(N)C1. The fourth-order valence-corrected chi connectivity index (χ4v) is 2.25. The summed E-state index contributed by atoms with van der Waals surface area (Å²) in [6, 6.07) is 1.28. The van der Waals surface area contributed by atoms with E-state index in [2.05, 4.69) is 11.9 Å². The zero-order valence-corrected chi connectivity index (χ0v) is 8.00. The molecule has 2 saturated carbocycles. The normalized spacial score (nSPS) is 36.2. The molecule has 12 heavy (non-hydrogen) atoms. The molecule has 0 saturated heterocycles. The van der Waals surface area contributed by atoms with Gasteiger partial charge in [-0.15, -0.1) is 0 Å². The third-order valence-electron chi connectivity index (χ3n) is 3.31. The summed E-state index contributed by atoms with van der Waals surface area (Å²) in [6.45, 7) is 1.32. The minimum Gasteiger partial charge on any atom is -0.328 e. The summed E-state index contributed by atoms with van der Waals surface area (Å²) in [5, 5.41) is 0. The first-order valence-corrected chi connectivity index (χ1v) is 5.21. The Morgan fingerprint density at radius 1 is 1.25 bits per heavy atom. The van der Waals surface area contributed by atoms with Crippen LogP contribution in [0, 0.1) is 5.92 Å². The minimum atomic E-state index is 0.483. The molecule has 0 spiro atoms. The molecule has 0 aromatic carbocycles. The van der Waals surface area contributed by atoms with Crippen LogP contribution in [0.3, 0.4) is 0 Å². The fourth-order valence-electron chi connectivity index (χ4n) is 2.25. The fraction of sp³-hybridized carbons (Fsp3) is 1.00. The van der Waals surface area contributed by atoms with Gasteiger partial charge < -0.3 is 10.6 Å². The molecule has 0 radical (unpaired) electrons. The number of nitrogens with two attached hydrogens (primary N) is 1. The summed E-state index contributed by atoms with van der Waals surface area (Å²) < 4.78 is 0. The van der Waals surface area contributed by atoms with Crippen molar-refractivity contribution >= 4 is 0 Å². The van der Waals surface area contributed by atoms with Gasteiger partial charge in [-0.3, -0.25) is 0 Å². The second kappa shape index (κ2) is 3.35. The summed E-state index contributed by atoms with van der Waals surface area (Å²) in [7, 11) is 2.26. The lowest BCUT2D eigenvalue weighted by atomic mass is 10.2. The molecule has 2 atom stereocenters. The third-order valence-corrected chi connectivity index (χ3v) is 3.31. The van der Waals surface area contributed by atoms with Gasteiger partial charge in [0.05, 0.1) is 0 Å². The summed E-state index contributed by atoms with van der Waals surface area (Å²) in [6.07, 6.45) is 6.71. The molecule has 2 fully saturated rings. The van der Waals surface area contributed by atoms with E-state index in [0.717, 1.165) is 12.0 Å². The van der Waals surface area contributed by atoms with Crippen LogP contribution < -0.4 is 5.73 Å². The van der Waals surface area contributed by atoms with Crippen molar-refractivity contribution in [3.63, 3.8) is 0 Å². The Bertz CT molecular complexity index is 154. The minimum absolute atomic E-state index is 0.483. The van der Waals surface area contributed by atoms with Crippen LogP contribution in [0.2, 0.25) is 0 Å². The van der Waals surface area contributed by atoms with Crippen molar-refractivity contribution in [1.29, 1.82) is 0 Å². The van der Waals surface area contributed by atoms with Gasteiger partial charge in [-0.05, 0) is 45.1 Å². The Hall–Kier alpha value is -0.0800. The van der Waals surface area contributed by atoms with Crippen LogP contribution >= 0.6 is 0 Å². The highest BCUT2D eigenvalue weighted by Gasteiger charge is 2.29. The molecule has 2 N–H and O–H groups in total. The van der Waals surface area contributed by atoms with Crippen molar-refractivity contribution < 1.29 is 0 Å². The maximum absolute atomic E-state index is 5.88. The molecular formula is C10H20N2. The van der Waals surface area contributed by atoms with Crippen molar-refractivity contribution in [3.8, 4) is 0 Å². The average molecular weight is 168 g/mol. The van der Waals surface area contributed by atoms with Crippen LogP contribution in [0.15, 0.2) is 0 Å². The van der Waals surface area contributed by atoms with Crippen LogP contribution in [0.5, 0.6) is 0 Å². The Balaban J connectivity index is 1.74. The zero-order valence-electron chi connectivity index (χ0n) is 8.00. The maximum atomic E-state index is 5.88. The highest BCUT2D eigenvalue weighted by Crippen LogP contribution is 2.31. The van der Waals surface area contributed by atoms with Gasteiger partial charge in [0.2, 0.25) is 0 Å². The van der Waals surface area contributed by atoms with E-state index in [4.69, 9.17) is 5.73 Å². The van der Waals surface area contributed by atoms with Crippen molar-refractivity contribution in [2.45, 2.75) is 44.2 Å². The molecule has 2 unspecified atom stereocenters. The molecular weight excluding hydrogens is 148 g/mol. The van der Waals surface area contributed by atoms with Crippen LogP contribution in [0.25, 0.3) is 0 Å². The maximum Gasteiger partial charge on any atom is 0.0108 e. The summed E-state index contributed by atoms with van der Waals surface area (Å²) in [5.41, 5.74) is 5.88. The molecule has 2 aliphatic carbocycles. The first kappa shape index (κ1) is 8.52. The molecule has 2 rings (SSSR count). The van der Waals surface area contributed by atoms with Gasteiger partial charge in [-0.1, -0.05) is 0 Å². The van der Waals surface area contributed by atoms with Crippen molar-refractivity contribution in [2.75, 3.05) is 13.6 Å². The van der Waals surface area contributed by atoms with E-state index in [0.29, 0.717) is 6.04 Å². The van der Waals surface area contributed by atoms with E-state index in [1.807, 2.05) is 0 Å². The predicted molar refractivity (Wildman–Crippen MR) is 51.0 cm³/mol. The standard InChI is InChI=1S/C10H20N2/c1-12(7-8-2-3-8)10-5-4-9(11)6-10/h8-10H,2-7,11H2,1H3. The van der Waals surface area contributed by atoms with Crippen LogP contribution in [0.4, 0.5) is 0 Å². The topological polar surface area (TPSA) is 29.3 Å². The van der Waals surface area contributed by atoms with E-state index < -0.39 is 0 Å². The molecule has 0 aliphatic heterocycles. The molecule has 0 aromatic rings. The highest BCUT2D eigenvalue weighted by atomic mass is 15.1. The largest absolute Gasteiger partial charge is 0.328 e. The molecule has 2 heteroatoms. The molecule has 0 amide bonds. The van der Waals surface area contributed by atoms with Gasteiger partial charge >= 0.3 is 0 Å². The molecule has 2 nitrogen and oxygen atoms in total. The number of rotatable bonds is 3. The van der Waals surface area contributed by atoms with Gasteiger partial charge in [-0.25, -0.2) is 0 Å². The Kier molecular flexibility index (Phi) is 2.37. The number of nitrogens with zero attached hydrogens (tertiary/aromatic N) is 1. The van der Waals surface area contributed by atoms with Crippen LogP contribution in [-0.2, 0) is 0 Å². The first-order valence-electron chi connectivity index (χ1n) is 5.21. The van der Waals surface area contributed by atoms with E-state index in [9.17, 15) is 0 Å². The second-order valence-corrected chi connectivity index (χ2v) is 4.61. The predicted octanol–water partition coefficient (Wildman–Crippen LogP) is 1.21. The Morgan fingerprint density at radius 3 is 2.50 bits per heavy atom. The number of hydrogen-bond acceptors (Lipinski definition) is 2. The summed E-state index contributed by atoms with van der Waals surface area (Å²) in [4.78, 5) is 2.53. The average Bonchev–Trinajstić information content (AvgIpc) is 2.72. The summed E-state index contributed by atoms with van der Waals surface area (Å²) >= 11 is 0. The van der Waals surface area contributed by atoms with Crippen LogP contribution in [-0.4, -0.2) is 30.6 Å². The lowest BCUT2D eigenvalue weighted by Crippen LogP contribution is -2.32. The van der Waals surface area contributed by atoms with Gasteiger partial charge in [0.1, 0.15) is 0 Å². The smallest absolute Gasteiger partial charge is 0.0108 e. The van der Waals surface area contributed by atoms with Crippen molar-refractivity contribution in [1.82, 2.24) is 4.90 Å². The van der Waals surface area contributed by atoms with Crippen molar-refractivity contribution in [2.24, 2.45) is 11.7 Å². The van der Waals surface area contributed by atoms with Gasteiger partial charge in [0.25, 0.3) is 0 Å². The lowest BCUT2D eigenvalue weighted by molar-refractivity contribution is 0.234. The van der Waals surface area contributed by atoms with Gasteiger partial charge in [0.15, 0.2) is 0 Å². The number of hydrogen-bond donors (Lipinski definition) is 1. The Morgan fingerprint density at radius 2 is 2.00 bits per heavy atom. The van der Waals surface area contributed by atoms with E-state index >= 15 is 0 Å². The van der Waals surface area contributed by atoms with E-state index in [-0.39, 0.29) is 0 Å². The molecule has 2 aliphatic rings. The van der Waals surface area contributed by atoms with Crippen molar-refractivity contribution in [3.05, 3.63) is 0 Å². The molecule has 70 valence electrons. The molecule has 0 bridgehead atoms. The monoisotopic (exact) mass is 168 g/mol. The van der Waals surface area contributed by atoms with Gasteiger partial charge in [0, 0.05) is 18.6 Å². The Labute approximate surface area is 75.1 Å². The first-order chi connectivity index (χ1) is 5.75. The van der Waals surface area contributed by atoms with Gasteiger partial charge in [-0.2, -0.15) is 0 Å². The van der Waals surface area contributed by atoms with E-state index in [1.54, 1.807) is 0 Å². The highest BCUT2D eigenvalue weighted by molar-refractivity contribution is 4.86. The molecule has 0 aromatic heterocycles. The molecule has 0 heterocycles. The summed E-state index contributed by atoms with van der Waals surface area (Å²) in [5.74, 6) is 1.02. The van der Waals surface area contributed by atoms with Crippen LogP contribution in [0.1, 0.15) is 32.1 Å².